The van der Waals surface area contributed by atoms with E-state index in [2.05, 4.69) is 14.9 Å². The number of β-amino-alcohol motifs (C(OH)–C–C–N with tert-alkyl or cyclic N) is 1. The van der Waals surface area contributed by atoms with Crippen LogP contribution in [0, 0.1) is 17.0 Å². The number of phenols is 1. The zero-order valence-electron chi connectivity index (χ0n) is 27.4. The van der Waals surface area contributed by atoms with Gasteiger partial charge in [-0.25, -0.2) is 13.2 Å². The molecule has 0 spiro atoms. The van der Waals surface area contributed by atoms with Gasteiger partial charge in [0.2, 0.25) is 0 Å². The van der Waals surface area contributed by atoms with Gasteiger partial charge in [0, 0.05) is 42.9 Å². The number of alkyl halides is 1. The van der Waals surface area contributed by atoms with E-state index < -0.39 is 28.3 Å². The summed E-state index contributed by atoms with van der Waals surface area (Å²) in [5.74, 6) is -0.898. The fraction of sp³-hybridized carbons (Fsp3) is 0.528. The predicted molar refractivity (Wildman–Crippen MR) is 176 cm³/mol. The fourth-order valence-electron chi connectivity index (χ4n) is 8.81. The summed E-state index contributed by atoms with van der Waals surface area (Å²) in [6.45, 7) is 6.62. The highest BCUT2D eigenvalue weighted by molar-refractivity contribution is 6.01. The molecule has 2 N–H and O–H groups in total. The number of fused-ring (bicyclic) bond motifs is 3. The van der Waals surface area contributed by atoms with Crippen molar-refractivity contribution in [3.05, 3.63) is 47.7 Å². The highest BCUT2D eigenvalue weighted by Crippen LogP contribution is 2.51. The van der Waals surface area contributed by atoms with E-state index in [9.17, 15) is 14.6 Å². The molecule has 4 aromatic rings. The van der Waals surface area contributed by atoms with Gasteiger partial charge in [-0.05, 0) is 94.0 Å². The molecular weight excluding hydrogens is 607 g/mol. The van der Waals surface area contributed by atoms with Gasteiger partial charge < -0.3 is 19.8 Å². The molecule has 2 aliphatic heterocycles. The van der Waals surface area contributed by atoms with E-state index in [0.717, 1.165) is 19.3 Å². The average Bonchev–Trinajstić information content (AvgIpc) is 3.43. The zero-order valence-corrected chi connectivity index (χ0v) is 27.4. The number of ether oxygens (including phenoxy) is 1. The number of benzene rings is 2. The van der Waals surface area contributed by atoms with E-state index in [1.54, 1.807) is 19.9 Å². The molecule has 3 fully saturated rings. The summed E-state index contributed by atoms with van der Waals surface area (Å²) in [7, 11) is 1.96. The number of pyridine rings is 1. The Morgan fingerprint density at radius 1 is 1.09 bits per heavy atom. The molecule has 4 heterocycles. The molecule has 2 aromatic heterocycles. The van der Waals surface area contributed by atoms with Crippen LogP contribution in [0.1, 0.15) is 64.9 Å². The van der Waals surface area contributed by atoms with Crippen molar-refractivity contribution in [2.24, 2.45) is 5.41 Å². The minimum atomic E-state index is -1.37. The summed E-state index contributed by atoms with van der Waals surface area (Å²) in [4.78, 5) is 17.9. The van der Waals surface area contributed by atoms with Crippen molar-refractivity contribution >= 4 is 27.5 Å². The van der Waals surface area contributed by atoms with Gasteiger partial charge >= 0.3 is 6.01 Å². The lowest BCUT2D eigenvalue weighted by molar-refractivity contribution is -0.0648. The van der Waals surface area contributed by atoms with Crippen LogP contribution in [-0.2, 0) is 6.42 Å². The quantitative estimate of drug-likeness (QED) is 0.238. The number of phenolic OH excluding ortho intramolecular Hbond substituents is 1. The van der Waals surface area contributed by atoms with Crippen molar-refractivity contribution in [2.75, 3.05) is 38.2 Å². The number of piperidine rings is 2. The minimum absolute atomic E-state index is 0.0383. The SMILES string of the molecule is CCc1c(F)ccc2cc(O)cc(-c3ncc4c(N5CCCC(C)(O)C5)nc(OCC56CCCC5N(C)CC(C)(F)C6)nc4c3F)c12. The second kappa shape index (κ2) is 11.5. The Morgan fingerprint density at radius 2 is 1.89 bits per heavy atom. The lowest BCUT2D eigenvalue weighted by Gasteiger charge is -2.49. The number of hydrogen-bond donors (Lipinski definition) is 2. The second-order valence-corrected chi connectivity index (χ2v) is 14.6. The van der Waals surface area contributed by atoms with Crippen LogP contribution in [0.2, 0.25) is 0 Å². The number of halogens is 3. The Hall–Kier alpha value is -3.70. The lowest BCUT2D eigenvalue weighted by Crippen LogP contribution is -2.58. The number of aromatic hydroxyl groups is 1. The predicted octanol–water partition coefficient (Wildman–Crippen LogP) is 6.72. The van der Waals surface area contributed by atoms with Crippen molar-refractivity contribution < 1.29 is 28.1 Å². The van der Waals surface area contributed by atoms with Gasteiger partial charge in [0.05, 0.1) is 17.6 Å². The van der Waals surface area contributed by atoms with E-state index in [4.69, 9.17) is 9.72 Å². The largest absolute Gasteiger partial charge is 0.508 e. The van der Waals surface area contributed by atoms with Crippen molar-refractivity contribution in [1.82, 2.24) is 19.9 Å². The van der Waals surface area contributed by atoms with Crippen LogP contribution in [0.5, 0.6) is 11.8 Å². The first-order valence-electron chi connectivity index (χ1n) is 16.6. The topological polar surface area (TPSA) is 94.8 Å². The van der Waals surface area contributed by atoms with Crippen LogP contribution in [0.3, 0.4) is 0 Å². The van der Waals surface area contributed by atoms with Crippen LogP contribution in [0.4, 0.5) is 19.0 Å². The van der Waals surface area contributed by atoms with Gasteiger partial charge in [-0.2, -0.15) is 9.97 Å². The third kappa shape index (κ3) is 5.65. The standard InChI is InChI=1S/C36H42F3N5O3/c1-5-23-26(37)10-9-21-14-22(45)15-24(28(21)23)30-29(38)31-25(16-40-30)32(44-13-7-11-35(3,46)19-44)42-33(41-31)47-20-36-12-6-8-27(36)43(4)18-34(2,39)17-36/h9-10,14-16,27,45-46H,5-8,11-13,17-20H2,1-4H3. The normalized spacial score (nSPS) is 28.3. The molecule has 8 nitrogen and oxygen atoms in total. The third-order valence-corrected chi connectivity index (χ3v) is 10.6. The molecule has 4 unspecified atom stereocenters. The molecule has 7 rings (SSSR count). The fourth-order valence-corrected chi connectivity index (χ4v) is 8.81. The van der Waals surface area contributed by atoms with Crippen molar-refractivity contribution in [2.45, 2.75) is 83.0 Å². The van der Waals surface area contributed by atoms with Crippen LogP contribution in [0.15, 0.2) is 30.5 Å². The first-order chi connectivity index (χ1) is 22.3. The smallest absolute Gasteiger partial charge is 0.319 e. The first kappa shape index (κ1) is 31.9. The van der Waals surface area contributed by atoms with Gasteiger partial charge in [-0.3, -0.25) is 9.88 Å². The van der Waals surface area contributed by atoms with Crippen LogP contribution in [0.25, 0.3) is 32.9 Å². The van der Waals surface area contributed by atoms with Gasteiger partial charge in [0.1, 0.15) is 34.3 Å². The van der Waals surface area contributed by atoms with Crippen molar-refractivity contribution in [3.8, 4) is 23.0 Å². The maximum Gasteiger partial charge on any atom is 0.319 e. The third-order valence-electron chi connectivity index (χ3n) is 10.6. The second-order valence-electron chi connectivity index (χ2n) is 14.6. The summed E-state index contributed by atoms with van der Waals surface area (Å²) in [6.07, 6.45) is 6.24. The summed E-state index contributed by atoms with van der Waals surface area (Å²) in [6, 6.07) is 5.93. The number of hydrogen-bond acceptors (Lipinski definition) is 8. The minimum Gasteiger partial charge on any atom is -0.508 e. The van der Waals surface area contributed by atoms with E-state index in [1.165, 1.54) is 24.4 Å². The van der Waals surface area contributed by atoms with Gasteiger partial charge in [-0.15, -0.1) is 0 Å². The van der Waals surface area contributed by atoms with E-state index in [-0.39, 0.29) is 47.7 Å². The molecule has 3 aliphatic rings. The molecule has 1 aliphatic carbocycles. The van der Waals surface area contributed by atoms with Crippen molar-refractivity contribution in [1.29, 1.82) is 0 Å². The molecular formula is C36H42F3N5O3. The average molecular weight is 650 g/mol. The summed E-state index contributed by atoms with van der Waals surface area (Å²) in [5.41, 5.74) is -2.27. The van der Waals surface area contributed by atoms with Gasteiger partial charge in [-0.1, -0.05) is 19.4 Å². The molecule has 2 saturated heterocycles. The Bertz CT molecular complexity index is 1870. The summed E-state index contributed by atoms with van der Waals surface area (Å²) in [5, 5.41) is 22.9. The number of rotatable bonds is 6. The molecule has 47 heavy (non-hydrogen) atoms. The van der Waals surface area contributed by atoms with Crippen LogP contribution >= 0.6 is 0 Å². The lowest BCUT2D eigenvalue weighted by atomic mass is 9.71. The summed E-state index contributed by atoms with van der Waals surface area (Å²) >= 11 is 0. The zero-order chi connectivity index (χ0) is 33.3. The molecule has 4 atom stereocenters. The van der Waals surface area contributed by atoms with Gasteiger partial charge in [0.25, 0.3) is 0 Å². The highest BCUT2D eigenvalue weighted by Gasteiger charge is 2.54. The highest BCUT2D eigenvalue weighted by atomic mass is 19.1. The summed E-state index contributed by atoms with van der Waals surface area (Å²) < 4.78 is 53.7. The number of likely N-dealkylation sites (tertiary alicyclic amines) is 1. The monoisotopic (exact) mass is 649 g/mol. The molecule has 11 heteroatoms. The molecule has 0 amide bonds. The number of aromatic nitrogens is 3. The Morgan fingerprint density at radius 3 is 2.66 bits per heavy atom. The number of aryl methyl sites for hydroxylation is 1. The Labute approximate surface area is 272 Å². The molecule has 0 bridgehead atoms. The molecule has 2 aromatic carbocycles. The Kier molecular flexibility index (Phi) is 7.78. The number of aliphatic hydroxyl groups is 1. The van der Waals surface area contributed by atoms with E-state index in [0.29, 0.717) is 66.3 Å². The molecule has 1 saturated carbocycles. The molecule has 250 valence electrons. The van der Waals surface area contributed by atoms with Crippen molar-refractivity contribution in [3.63, 3.8) is 0 Å². The maximum atomic E-state index is 16.9. The van der Waals surface area contributed by atoms with E-state index in [1.807, 2.05) is 18.9 Å². The van der Waals surface area contributed by atoms with Crippen LogP contribution in [-0.4, -0.2) is 80.7 Å². The maximum absolute atomic E-state index is 16.9. The molecule has 0 radical (unpaired) electrons. The number of anilines is 1. The van der Waals surface area contributed by atoms with Crippen LogP contribution < -0.4 is 9.64 Å². The van der Waals surface area contributed by atoms with E-state index >= 15 is 8.78 Å². The first-order valence-corrected chi connectivity index (χ1v) is 16.6. The van der Waals surface area contributed by atoms with Gasteiger partial charge in [0.15, 0.2) is 5.82 Å². The Balaban J connectivity index is 1.37. The number of nitrogens with zero attached hydrogens (tertiary/aromatic N) is 5.